The predicted octanol–water partition coefficient (Wildman–Crippen LogP) is 1.69. The Morgan fingerprint density at radius 2 is 1.94 bits per heavy atom. The molecular weight excluding hydrogens is 222 g/mol. The molecule has 2 saturated heterocycles. The van der Waals surface area contributed by atoms with Crippen molar-refractivity contribution in [2.75, 3.05) is 26.2 Å². The molecule has 2 heterocycles. The van der Waals surface area contributed by atoms with Gasteiger partial charge in [-0.1, -0.05) is 6.92 Å². The maximum absolute atomic E-state index is 3.94. The van der Waals surface area contributed by atoms with E-state index in [4.69, 9.17) is 0 Å². The van der Waals surface area contributed by atoms with Crippen LogP contribution in [-0.4, -0.2) is 60.1 Å². The van der Waals surface area contributed by atoms with E-state index in [0.717, 1.165) is 24.2 Å². The minimum absolute atomic E-state index is 0.745. The first-order chi connectivity index (χ1) is 8.76. The molecule has 3 aliphatic rings. The summed E-state index contributed by atoms with van der Waals surface area (Å²) in [6, 6.07) is 3.24. The van der Waals surface area contributed by atoms with Crippen molar-refractivity contribution >= 4 is 0 Å². The number of piperidine rings is 1. The van der Waals surface area contributed by atoms with Crippen molar-refractivity contribution in [1.82, 2.24) is 15.1 Å². The lowest BCUT2D eigenvalue weighted by Crippen LogP contribution is -2.49. The summed E-state index contributed by atoms with van der Waals surface area (Å²) in [5, 5.41) is 3.94. The largest absolute Gasteiger partial charge is 0.309 e. The van der Waals surface area contributed by atoms with Crippen LogP contribution >= 0.6 is 0 Å². The van der Waals surface area contributed by atoms with Crippen LogP contribution in [0.3, 0.4) is 0 Å². The lowest BCUT2D eigenvalue weighted by atomic mass is 10.0. The monoisotopic (exact) mass is 251 g/mol. The van der Waals surface area contributed by atoms with E-state index in [1.807, 2.05) is 0 Å². The molecule has 3 rings (SSSR count). The van der Waals surface area contributed by atoms with Crippen molar-refractivity contribution in [2.45, 2.75) is 70.1 Å². The van der Waals surface area contributed by atoms with Gasteiger partial charge in [-0.2, -0.15) is 0 Å². The average molecular weight is 251 g/mol. The fraction of sp³-hybridized carbons (Fsp3) is 1.00. The molecule has 1 aliphatic carbocycles. The van der Waals surface area contributed by atoms with Crippen LogP contribution in [0.1, 0.15) is 46.0 Å². The zero-order chi connectivity index (χ0) is 12.5. The SMILES string of the molecule is CCN1CCCC(NC2CC(C)N(C3CC3)C2)C1. The number of rotatable bonds is 4. The lowest BCUT2D eigenvalue weighted by Gasteiger charge is -2.34. The van der Waals surface area contributed by atoms with Crippen LogP contribution < -0.4 is 5.32 Å². The highest BCUT2D eigenvalue weighted by Gasteiger charge is 2.39. The number of nitrogens with zero attached hydrogens (tertiary/aromatic N) is 2. The van der Waals surface area contributed by atoms with Crippen LogP contribution in [-0.2, 0) is 0 Å². The Morgan fingerprint density at radius 3 is 2.67 bits per heavy atom. The Kier molecular flexibility index (Phi) is 3.92. The van der Waals surface area contributed by atoms with Gasteiger partial charge in [0, 0.05) is 37.3 Å². The third kappa shape index (κ3) is 2.89. The third-order valence-electron chi connectivity index (χ3n) is 5.06. The van der Waals surface area contributed by atoms with Gasteiger partial charge in [0.2, 0.25) is 0 Å². The summed E-state index contributed by atoms with van der Waals surface area (Å²) in [6.07, 6.45) is 7.01. The maximum Gasteiger partial charge on any atom is 0.0213 e. The van der Waals surface area contributed by atoms with E-state index in [9.17, 15) is 0 Å². The topological polar surface area (TPSA) is 18.5 Å². The van der Waals surface area contributed by atoms with Crippen molar-refractivity contribution in [2.24, 2.45) is 0 Å². The predicted molar refractivity (Wildman–Crippen MR) is 75.9 cm³/mol. The van der Waals surface area contributed by atoms with Crippen molar-refractivity contribution in [3.63, 3.8) is 0 Å². The highest BCUT2D eigenvalue weighted by molar-refractivity contribution is 4.97. The second kappa shape index (κ2) is 5.48. The smallest absolute Gasteiger partial charge is 0.0213 e. The van der Waals surface area contributed by atoms with Crippen molar-refractivity contribution in [3.8, 4) is 0 Å². The molecule has 3 atom stereocenters. The molecular formula is C15H29N3. The van der Waals surface area contributed by atoms with E-state index in [1.54, 1.807) is 0 Å². The number of hydrogen-bond donors (Lipinski definition) is 1. The van der Waals surface area contributed by atoms with Crippen molar-refractivity contribution < 1.29 is 0 Å². The highest BCUT2D eigenvalue weighted by Crippen LogP contribution is 2.33. The fourth-order valence-corrected chi connectivity index (χ4v) is 3.90. The zero-order valence-corrected chi connectivity index (χ0v) is 12.1. The van der Waals surface area contributed by atoms with Crippen molar-refractivity contribution in [3.05, 3.63) is 0 Å². The fourth-order valence-electron chi connectivity index (χ4n) is 3.90. The molecule has 3 nitrogen and oxygen atoms in total. The number of hydrogen-bond acceptors (Lipinski definition) is 3. The van der Waals surface area contributed by atoms with Crippen molar-refractivity contribution in [1.29, 1.82) is 0 Å². The van der Waals surface area contributed by atoms with Crippen LogP contribution in [0.5, 0.6) is 0 Å². The molecule has 3 heteroatoms. The van der Waals surface area contributed by atoms with Gasteiger partial charge in [0.1, 0.15) is 0 Å². The van der Waals surface area contributed by atoms with Gasteiger partial charge in [-0.3, -0.25) is 4.90 Å². The molecule has 0 amide bonds. The minimum atomic E-state index is 0.745. The molecule has 0 aromatic rings. The summed E-state index contributed by atoms with van der Waals surface area (Å²) >= 11 is 0. The van der Waals surface area contributed by atoms with Gasteiger partial charge < -0.3 is 10.2 Å². The Labute approximate surface area is 112 Å². The Bertz CT molecular complexity index is 277. The molecule has 2 aliphatic heterocycles. The molecule has 1 saturated carbocycles. The third-order valence-corrected chi connectivity index (χ3v) is 5.06. The summed E-state index contributed by atoms with van der Waals surface area (Å²) in [7, 11) is 0. The first-order valence-corrected chi connectivity index (χ1v) is 8.00. The van der Waals surface area contributed by atoms with Gasteiger partial charge in [-0.25, -0.2) is 0 Å². The van der Waals surface area contributed by atoms with Gasteiger partial charge in [0.05, 0.1) is 0 Å². The Balaban J connectivity index is 1.48. The average Bonchev–Trinajstić information content (AvgIpc) is 3.15. The standard InChI is InChI=1S/C15H29N3/c1-3-17-8-4-5-13(10-17)16-14-9-12(2)18(11-14)15-6-7-15/h12-16H,3-11H2,1-2H3. The van der Waals surface area contributed by atoms with E-state index in [-0.39, 0.29) is 0 Å². The molecule has 3 fully saturated rings. The Morgan fingerprint density at radius 1 is 1.11 bits per heavy atom. The molecule has 0 aromatic heterocycles. The molecule has 3 unspecified atom stereocenters. The van der Waals surface area contributed by atoms with Gasteiger partial charge in [-0.05, 0) is 52.1 Å². The first-order valence-electron chi connectivity index (χ1n) is 8.00. The maximum atomic E-state index is 3.94. The molecule has 0 bridgehead atoms. The van der Waals surface area contributed by atoms with E-state index in [2.05, 4.69) is 29.0 Å². The summed E-state index contributed by atoms with van der Waals surface area (Å²) in [6.45, 7) is 9.80. The van der Waals surface area contributed by atoms with E-state index in [0.29, 0.717) is 0 Å². The number of nitrogens with one attached hydrogen (secondary N) is 1. The van der Waals surface area contributed by atoms with Gasteiger partial charge in [0.15, 0.2) is 0 Å². The van der Waals surface area contributed by atoms with Crippen LogP contribution in [0.4, 0.5) is 0 Å². The summed E-state index contributed by atoms with van der Waals surface area (Å²) < 4.78 is 0. The molecule has 0 spiro atoms. The summed E-state index contributed by atoms with van der Waals surface area (Å²) in [5.74, 6) is 0. The zero-order valence-electron chi connectivity index (χ0n) is 12.1. The molecule has 18 heavy (non-hydrogen) atoms. The molecule has 0 radical (unpaired) electrons. The normalized spacial score (nSPS) is 39.3. The van der Waals surface area contributed by atoms with Gasteiger partial charge in [-0.15, -0.1) is 0 Å². The van der Waals surface area contributed by atoms with Gasteiger partial charge >= 0.3 is 0 Å². The van der Waals surface area contributed by atoms with E-state index >= 15 is 0 Å². The number of likely N-dealkylation sites (N-methyl/N-ethyl adjacent to an activating group) is 1. The lowest BCUT2D eigenvalue weighted by molar-refractivity contribution is 0.189. The Hall–Kier alpha value is -0.120. The van der Waals surface area contributed by atoms with Gasteiger partial charge in [0.25, 0.3) is 0 Å². The quantitative estimate of drug-likeness (QED) is 0.820. The molecule has 0 aromatic carbocycles. The van der Waals surface area contributed by atoms with Crippen LogP contribution in [0.15, 0.2) is 0 Å². The highest BCUT2D eigenvalue weighted by atomic mass is 15.3. The van der Waals surface area contributed by atoms with Crippen LogP contribution in [0, 0.1) is 0 Å². The van der Waals surface area contributed by atoms with Crippen LogP contribution in [0.2, 0.25) is 0 Å². The molecule has 1 N–H and O–H groups in total. The summed E-state index contributed by atoms with van der Waals surface area (Å²) in [4.78, 5) is 5.34. The summed E-state index contributed by atoms with van der Waals surface area (Å²) in [5.41, 5.74) is 0. The van der Waals surface area contributed by atoms with E-state index in [1.165, 1.54) is 58.3 Å². The second-order valence-electron chi connectivity index (χ2n) is 6.61. The second-order valence-corrected chi connectivity index (χ2v) is 6.61. The minimum Gasteiger partial charge on any atom is -0.309 e. The first kappa shape index (κ1) is 12.9. The van der Waals surface area contributed by atoms with E-state index < -0.39 is 0 Å². The number of likely N-dealkylation sites (tertiary alicyclic amines) is 2. The molecule has 104 valence electrons. The van der Waals surface area contributed by atoms with Crippen LogP contribution in [0.25, 0.3) is 0 Å².